The number of carbonyl (C=O) groups is 2. The van der Waals surface area contributed by atoms with Crippen LogP contribution in [0.4, 0.5) is 5.69 Å². The lowest BCUT2D eigenvalue weighted by Crippen LogP contribution is -2.15. The number of rotatable bonds is 4. The summed E-state index contributed by atoms with van der Waals surface area (Å²) in [6.07, 6.45) is 0.129. The van der Waals surface area contributed by atoms with Gasteiger partial charge < -0.3 is 15.5 Å². The van der Waals surface area contributed by atoms with Gasteiger partial charge in [0.1, 0.15) is 5.75 Å². The summed E-state index contributed by atoms with van der Waals surface area (Å²) in [5.41, 5.74) is 0.883. The van der Waals surface area contributed by atoms with Crippen molar-refractivity contribution in [3.63, 3.8) is 0 Å². The molecule has 3 N–H and O–H groups in total. The number of amides is 1. The van der Waals surface area contributed by atoms with Gasteiger partial charge in [0.05, 0.1) is 17.7 Å². The third-order valence-corrected chi connectivity index (χ3v) is 3.32. The molecule has 0 aliphatic rings. The Morgan fingerprint density at radius 3 is 2.38 bits per heavy atom. The van der Waals surface area contributed by atoms with Gasteiger partial charge in [-0.05, 0) is 35.9 Å². The van der Waals surface area contributed by atoms with E-state index >= 15 is 0 Å². The summed E-state index contributed by atoms with van der Waals surface area (Å²) in [6.45, 7) is 0. The number of aromatic hydroxyl groups is 1. The molecule has 21 heavy (non-hydrogen) atoms. The van der Waals surface area contributed by atoms with Gasteiger partial charge in [-0.1, -0.05) is 28.1 Å². The Morgan fingerprint density at radius 1 is 1.10 bits per heavy atom. The zero-order valence-electron chi connectivity index (χ0n) is 10.8. The predicted octanol–water partition coefficient (Wildman–Crippen LogP) is 3.03. The molecule has 0 aliphatic carbocycles. The van der Waals surface area contributed by atoms with E-state index < -0.39 is 5.97 Å². The molecule has 2 aromatic rings. The minimum absolute atomic E-state index is 0.00765. The number of carboxylic acid groups (broad SMARTS) is 1. The van der Waals surface area contributed by atoms with Crippen LogP contribution >= 0.6 is 15.9 Å². The minimum atomic E-state index is -1.13. The van der Waals surface area contributed by atoms with Gasteiger partial charge in [-0.15, -0.1) is 0 Å². The van der Waals surface area contributed by atoms with Gasteiger partial charge in [0.25, 0.3) is 0 Å². The maximum Gasteiger partial charge on any atom is 0.335 e. The van der Waals surface area contributed by atoms with Gasteiger partial charge in [0.2, 0.25) is 5.91 Å². The van der Waals surface area contributed by atoms with Crippen molar-refractivity contribution < 1.29 is 19.8 Å². The van der Waals surface area contributed by atoms with E-state index in [1.165, 1.54) is 18.2 Å². The van der Waals surface area contributed by atoms with Crippen LogP contribution in [0.5, 0.6) is 5.75 Å². The first-order valence-corrected chi connectivity index (χ1v) is 6.85. The fraction of sp³-hybridized carbons (Fsp3) is 0.0667. The molecule has 0 bridgehead atoms. The molecular weight excluding hydrogens is 338 g/mol. The average molecular weight is 350 g/mol. The van der Waals surface area contributed by atoms with Gasteiger partial charge in [-0.2, -0.15) is 0 Å². The van der Waals surface area contributed by atoms with Crippen molar-refractivity contribution in [2.75, 3.05) is 5.32 Å². The van der Waals surface area contributed by atoms with E-state index in [4.69, 9.17) is 5.11 Å². The molecule has 0 heterocycles. The summed E-state index contributed by atoms with van der Waals surface area (Å²) in [5, 5.41) is 21.1. The number of aromatic carboxylic acids is 1. The number of hydrogen-bond acceptors (Lipinski definition) is 3. The summed E-state index contributed by atoms with van der Waals surface area (Å²) in [7, 11) is 0. The number of halogens is 1. The van der Waals surface area contributed by atoms with Crippen molar-refractivity contribution in [1.29, 1.82) is 0 Å². The second-order valence-corrected chi connectivity index (χ2v) is 5.30. The fourth-order valence-corrected chi connectivity index (χ4v) is 2.02. The van der Waals surface area contributed by atoms with E-state index in [1.807, 2.05) is 12.1 Å². The van der Waals surface area contributed by atoms with Crippen LogP contribution < -0.4 is 5.32 Å². The highest BCUT2D eigenvalue weighted by Gasteiger charge is 2.11. The van der Waals surface area contributed by atoms with E-state index in [1.54, 1.807) is 12.1 Å². The van der Waals surface area contributed by atoms with Crippen LogP contribution in [-0.2, 0) is 11.2 Å². The third kappa shape index (κ3) is 4.06. The van der Waals surface area contributed by atoms with Crippen molar-refractivity contribution in [2.24, 2.45) is 0 Å². The second-order valence-electron chi connectivity index (χ2n) is 4.39. The Balaban J connectivity index is 2.10. The number of carbonyl (C=O) groups excluding carboxylic acids is 1. The minimum Gasteiger partial charge on any atom is -0.506 e. The highest BCUT2D eigenvalue weighted by molar-refractivity contribution is 9.10. The van der Waals surface area contributed by atoms with Crippen molar-refractivity contribution >= 4 is 33.5 Å². The van der Waals surface area contributed by atoms with Crippen molar-refractivity contribution in [2.45, 2.75) is 6.42 Å². The van der Waals surface area contributed by atoms with E-state index in [0.717, 1.165) is 10.0 Å². The lowest BCUT2D eigenvalue weighted by Gasteiger charge is -2.08. The van der Waals surface area contributed by atoms with Crippen LogP contribution in [0.3, 0.4) is 0 Å². The number of phenols is 1. The highest BCUT2D eigenvalue weighted by atomic mass is 79.9. The second kappa shape index (κ2) is 6.41. The van der Waals surface area contributed by atoms with Crippen molar-refractivity contribution in [3.8, 4) is 5.75 Å². The number of benzene rings is 2. The molecule has 5 nitrogen and oxygen atoms in total. The molecule has 0 fully saturated rings. The van der Waals surface area contributed by atoms with Crippen molar-refractivity contribution in [1.82, 2.24) is 0 Å². The van der Waals surface area contributed by atoms with E-state index in [0.29, 0.717) is 0 Å². The Hall–Kier alpha value is -2.34. The maximum absolute atomic E-state index is 11.9. The van der Waals surface area contributed by atoms with Crippen LogP contribution in [-0.4, -0.2) is 22.1 Å². The van der Waals surface area contributed by atoms with Crippen molar-refractivity contribution in [3.05, 3.63) is 58.1 Å². The molecule has 108 valence electrons. The van der Waals surface area contributed by atoms with E-state index in [-0.39, 0.29) is 29.3 Å². The standard InChI is InChI=1S/C15H12BrNO4/c16-11-4-1-9(2-5-11)7-14(19)17-12-8-10(15(20)21)3-6-13(12)18/h1-6,8,18H,7H2,(H,17,19)(H,20,21). The molecule has 6 heteroatoms. The molecule has 0 unspecified atom stereocenters. The number of anilines is 1. The summed E-state index contributed by atoms with van der Waals surface area (Å²) in [4.78, 5) is 22.8. The molecule has 0 spiro atoms. The molecule has 0 saturated heterocycles. The first-order chi connectivity index (χ1) is 9.95. The van der Waals surface area contributed by atoms with Gasteiger partial charge in [-0.3, -0.25) is 4.79 Å². The maximum atomic E-state index is 11.9. The van der Waals surface area contributed by atoms with Crippen LogP contribution in [0, 0.1) is 0 Å². The largest absolute Gasteiger partial charge is 0.506 e. The molecule has 2 aromatic carbocycles. The molecule has 0 aliphatic heterocycles. The first kappa shape index (κ1) is 15.1. The number of nitrogens with one attached hydrogen (secondary N) is 1. The quantitative estimate of drug-likeness (QED) is 0.740. The normalized spacial score (nSPS) is 10.1. The van der Waals surface area contributed by atoms with Crippen LogP contribution in [0.15, 0.2) is 46.9 Å². The summed E-state index contributed by atoms with van der Waals surface area (Å²) in [5.74, 6) is -1.64. The molecule has 0 atom stereocenters. The molecule has 2 rings (SSSR count). The van der Waals surface area contributed by atoms with Gasteiger partial charge in [0, 0.05) is 4.47 Å². The Morgan fingerprint density at radius 2 is 1.76 bits per heavy atom. The molecule has 1 amide bonds. The first-order valence-electron chi connectivity index (χ1n) is 6.06. The Bertz CT molecular complexity index is 683. The smallest absolute Gasteiger partial charge is 0.335 e. The number of carboxylic acids is 1. The molecule has 0 radical (unpaired) electrons. The Labute approximate surface area is 129 Å². The monoisotopic (exact) mass is 349 g/mol. The van der Waals surface area contributed by atoms with Crippen LogP contribution in [0.2, 0.25) is 0 Å². The predicted molar refractivity (Wildman–Crippen MR) is 81.5 cm³/mol. The summed E-state index contributed by atoms with van der Waals surface area (Å²) >= 11 is 3.31. The lowest BCUT2D eigenvalue weighted by atomic mass is 10.1. The van der Waals surface area contributed by atoms with Gasteiger partial charge in [-0.25, -0.2) is 4.79 Å². The van der Waals surface area contributed by atoms with Gasteiger partial charge >= 0.3 is 5.97 Å². The topological polar surface area (TPSA) is 86.6 Å². The number of phenolic OH excluding ortho intramolecular Hbond substituents is 1. The fourth-order valence-electron chi connectivity index (χ4n) is 1.75. The summed E-state index contributed by atoms with van der Waals surface area (Å²) in [6, 6.07) is 11.0. The van der Waals surface area contributed by atoms with Crippen LogP contribution in [0.1, 0.15) is 15.9 Å². The zero-order chi connectivity index (χ0) is 15.4. The highest BCUT2D eigenvalue weighted by Crippen LogP contribution is 2.24. The lowest BCUT2D eigenvalue weighted by molar-refractivity contribution is -0.115. The molecular formula is C15H12BrNO4. The zero-order valence-corrected chi connectivity index (χ0v) is 12.4. The van der Waals surface area contributed by atoms with Gasteiger partial charge in [0.15, 0.2) is 0 Å². The average Bonchev–Trinajstić information content (AvgIpc) is 2.43. The molecule has 0 saturated carbocycles. The van der Waals surface area contributed by atoms with E-state index in [2.05, 4.69) is 21.2 Å². The van der Waals surface area contributed by atoms with Crippen LogP contribution in [0.25, 0.3) is 0 Å². The molecule has 0 aromatic heterocycles. The number of hydrogen-bond donors (Lipinski definition) is 3. The third-order valence-electron chi connectivity index (χ3n) is 2.80. The summed E-state index contributed by atoms with van der Waals surface area (Å²) < 4.78 is 0.915. The Kier molecular flexibility index (Phi) is 4.59. The SMILES string of the molecule is O=C(Cc1ccc(Br)cc1)Nc1cc(C(=O)O)ccc1O. The van der Waals surface area contributed by atoms with E-state index in [9.17, 15) is 14.7 Å².